The van der Waals surface area contributed by atoms with E-state index in [1.165, 1.54) is 12.8 Å². The van der Waals surface area contributed by atoms with Crippen LogP contribution in [-0.4, -0.2) is 39.8 Å². The van der Waals surface area contributed by atoms with Gasteiger partial charge in [-0.05, 0) is 12.8 Å². The fourth-order valence-electron chi connectivity index (χ4n) is 1.43. The van der Waals surface area contributed by atoms with Crippen LogP contribution in [-0.2, 0) is 18.3 Å². The molecule has 1 aromatic heterocycles. The summed E-state index contributed by atoms with van der Waals surface area (Å²) in [6.07, 6.45) is 4.77. The number of hydrogen-bond acceptors (Lipinski definition) is 4. The third kappa shape index (κ3) is 3.30. The molecule has 1 saturated carbocycles. The minimum absolute atomic E-state index is 0.0501. The highest BCUT2D eigenvalue weighted by molar-refractivity contribution is 5.78. The van der Waals surface area contributed by atoms with Crippen molar-refractivity contribution in [3.8, 4) is 0 Å². The van der Waals surface area contributed by atoms with Crippen LogP contribution in [0.4, 0.5) is 0 Å². The van der Waals surface area contributed by atoms with E-state index >= 15 is 0 Å². The van der Waals surface area contributed by atoms with Crippen molar-refractivity contribution in [3.63, 3.8) is 0 Å². The van der Waals surface area contributed by atoms with E-state index < -0.39 is 0 Å². The Balaban J connectivity index is 1.59. The zero-order chi connectivity index (χ0) is 11.4. The molecule has 0 spiro atoms. The summed E-state index contributed by atoms with van der Waals surface area (Å²) in [6, 6.07) is 0.574. The standard InChI is InChI=1S/C10H17N5O/c1-15-7-13-14-9(15)4-5-11-10(16)6-12-8-2-3-8/h7-8,12H,2-6H2,1H3,(H,11,16). The number of nitrogens with one attached hydrogen (secondary N) is 2. The van der Waals surface area contributed by atoms with Crippen molar-refractivity contribution in [2.24, 2.45) is 7.05 Å². The van der Waals surface area contributed by atoms with Crippen molar-refractivity contribution in [1.29, 1.82) is 0 Å². The minimum Gasteiger partial charge on any atom is -0.355 e. The summed E-state index contributed by atoms with van der Waals surface area (Å²) in [6.45, 7) is 1.03. The molecule has 2 rings (SSSR count). The Morgan fingerprint density at radius 2 is 2.44 bits per heavy atom. The van der Waals surface area contributed by atoms with E-state index in [0.29, 0.717) is 25.6 Å². The lowest BCUT2D eigenvalue weighted by atomic mass is 10.4. The van der Waals surface area contributed by atoms with Gasteiger partial charge in [-0.15, -0.1) is 10.2 Å². The second-order valence-corrected chi connectivity index (χ2v) is 4.11. The highest BCUT2D eigenvalue weighted by Gasteiger charge is 2.20. The van der Waals surface area contributed by atoms with Crippen molar-refractivity contribution >= 4 is 5.91 Å². The number of nitrogens with zero attached hydrogens (tertiary/aromatic N) is 3. The molecule has 6 nitrogen and oxygen atoms in total. The second-order valence-electron chi connectivity index (χ2n) is 4.11. The van der Waals surface area contributed by atoms with Crippen LogP contribution in [0.15, 0.2) is 6.33 Å². The molecule has 2 N–H and O–H groups in total. The third-order valence-corrected chi connectivity index (χ3v) is 2.60. The summed E-state index contributed by atoms with van der Waals surface area (Å²) in [5, 5.41) is 13.7. The topological polar surface area (TPSA) is 71.8 Å². The van der Waals surface area contributed by atoms with Crippen molar-refractivity contribution in [2.75, 3.05) is 13.1 Å². The molecule has 0 radical (unpaired) electrons. The molecule has 6 heteroatoms. The van der Waals surface area contributed by atoms with Crippen LogP contribution < -0.4 is 10.6 Å². The van der Waals surface area contributed by atoms with E-state index in [9.17, 15) is 4.79 Å². The molecule has 1 aliphatic rings. The maximum Gasteiger partial charge on any atom is 0.233 e. The Morgan fingerprint density at radius 1 is 1.62 bits per heavy atom. The van der Waals surface area contributed by atoms with Gasteiger partial charge >= 0.3 is 0 Å². The van der Waals surface area contributed by atoms with Crippen molar-refractivity contribution in [1.82, 2.24) is 25.4 Å². The van der Waals surface area contributed by atoms with E-state index in [1.54, 1.807) is 6.33 Å². The average Bonchev–Trinajstić information content (AvgIpc) is 3.01. The van der Waals surface area contributed by atoms with Gasteiger partial charge in [-0.3, -0.25) is 4.79 Å². The molecule has 1 heterocycles. The normalized spacial score (nSPS) is 15.1. The van der Waals surface area contributed by atoms with Crippen molar-refractivity contribution in [2.45, 2.75) is 25.3 Å². The van der Waals surface area contributed by atoms with Gasteiger partial charge in [0.05, 0.1) is 6.54 Å². The summed E-state index contributed by atoms with van der Waals surface area (Å²) < 4.78 is 1.86. The molecule has 1 aromatic rings. The van der Waals surface area contributed by atoms with Gasteiger partial charge in [-0.1, -0.05) is 0 Å². The third-order valence-electron chi connectivity index (χ3n) is 2.60. The number of hydrogen-bond donors (Lipinski definition) is 2. The smallest absolute Gasteiger partial charge is 0.233 e. The van der Waals surface area contributed by atoms with Gasteiger partial charge in [0, 0.05) is 26.1 Å². The van der Waals surface area contributed by atoms with E-state index in [0.717, 1.165) is 5.82 Å². The van der Waals surface area contributed by atoms with Gasteiger partial charge in [0.2, 0.25) is 5.91 Å². The molecule has 1 fully saturated rings. The summed E-state index contributed by atoms with van der Waals surface area (Å²) in [5.74, 6) is 0.935. The van der Waals surface area contributed by atoms with Crippen LogP contribution in [0, 0.1) is 0 Å². The number of aryl methyl sites for hydroxylation is 1. The van der Waals surface area contributed by atoms with Crippen LogP contribution in [0.1, 0.15) is 18.7 Å². The molecule has 1 aliphatic carbocycles. The first-order chi connectivity index (χ1) is 7.75. The summed E-state index contributed by atoms with van der Waals surface area (Å²) >= 11 is 0. The van der Waals surface area contributed by atoms with Gasteiger partial charge in [0.1, 0.15) is 12.2 Å². The SMILES string of the molecule is Cn1cnnc1CCNC(=O)CNC1CC1. The molecular formula is C10H17N5O. The van der Waals surface area contributed by atoms with E-state index in [2.05, 4.69) is 20.8 Å². The second kappa shape index (κ2) is 5.07. The molecule has 0 saturated heterocycles. The van der Waals surface area contributed by atoms with Gasteiger partial charge in [-0.25, -0.2) is 0 Å². The Labute approximate surface area is 94.4 Å². The van der Waals surface area contributed by atoms with Crippen LogP contribution in [0.5, 0.6) is 0 Å². The maximum absolute atomic E-state index is 11.4. The summed E-state index contributed by atoms with van der Waals surface area (Å²) in [7, 11) is 1.89. The molecule has 16 heavy (non-hydrogen) atoms. The highest BCUT2D eigenvalue weighted by Crippen LogP contribution is 2.17. The number of amides is 1. The van der Waals surface area contributed by atoms with E-state index in [1.807, 2.05) is 11.6 Å². The lowest BCUT2D eigenvalue weighted by molar-refractivity contribution is -0.120. The molecular weight excluding hydrogens is 206 g/mol. The first-order valence-electron chi connectivity index (χ1n) is 5.58. The highest BCUT2D eigenvalue weighted by atomic mass is 16.1. The predicted molar refractivity (Wildman–Crippen MR) is 58.7 cm³/mol. The van der Waals surface area contributed by atoms with Gasteiger partial charge in [0.25, 0.3) is 0 Å². The number of carbonyl (C=O) groups is 1. The first kappa shape index (κ1) is 11.1. The van der Waals surface area contributed by atoms with E-state index in [-0.39, 0.29) is 5.91 Å². The van der Waals surface area contributed by atoms with Crippen LogP contribution >= 0.6 is 0 Å². The minimum atomic E-state index is 0.0501. The van der Waals surface area contributed by atoms with Gasteiger partial charge < -0.3 is 15.2 Å². The predicted octanol–water partition coefficient (Wildman–Crippen LogP) is -0.774. The van der Waals surface area contributed by atoms with Gasteiger partial charge in [-0.2, -0.15) is 0 Å². The summed E-state index contributed by atoms with van der Waals surface area (Å²) in [5.41, 5.74) is 0. The molecule has 88 valence electrons. The molecule has 0 unspecified atom stereocenters. The van der Waals surface area contributed by atoms with E-state index in [4.69, 9.17) is 0 Å². The molecule has 0 atom stereocenters. The zero-order valence-corrected chi connectivity index (χ0v) is 9.44. The molecule has 0 aliphatic heterocycles. The Bertz CT molecular complexity index is 358. The largest absolute Gasteiger partial charge is 0.355 e. The van der Waals surface area contributed by atoms with Crippen LogP contribution in [0.2, 0.25) is 0 Å². The molecule has 1 amide bonds. The van der Waals surface area contributed by atoms with Crippen molar-refractivity contribution in [3.05, 3.63) is 12.2 Å². The number of rotatable bonds is 6. The molecule has 0 bridgehead atoms. The van der Waals surface area contributed by atoms with Crippen LogP contribution in [0.25, 0.3) is 0 Å². The van der Waals surface area contributed by atoms with Crippen molar-refractivity contribution < 1.29 is 4.79 Å². The lowest BCUT2D eigenvalue weighted by Crippen LogP contribution is -2.36. The van der Waals surface area contributed by atoms with Gasteiger partial charge in [0.15, 0.2) is 0 Å². The number of carbonyl (C=O) groups excluding carboxylic acids is 1. The lowest BCUT2D eigenvalue weighted by Gasteiger charge is -2.05. The Morgan fingerprint density at radius 3 is 3.06 bits per heavy atom. The quantitative estimate of drug-likeness (QED) is 0.664. The summed E-state index contributed by atoms with van der Waals surface area (Å²) in [4.78, 5) is 11.4. The molecule has 0 aromatic carbocycles. The van der Waals surface area contributed by atoms with Crippen LogP contribution in [0.3, 0.4) is 0 Å². The average molecular weight is 223 g/mol. The Kier molecular flexibility index (Phi) is 3.51. The fourth-order valence-corrected chi connectivity index (χ4v) is 1.43. The number of aromatic nitrogens is 3. The maximum atomic E-state index is 11.4. The fraction of sp³-hybridized carbons (Fsp3) is 0.700. The zero-order valence-electron chi connectivity index (χ0n) is 9.44. The Hall–Kier alpha value is -1.43. The monoisotopic (exact) mass is 223 g/mol. The first-order valence-corrected chi connectivity index (χ1v) is 5.58.